The molecule has 122 valence electrons. The van der Waals surface area contributed by atoms with E-state index in [1.807, 2.05) is 6.07 Å². The summed E-state index contributed by atoms with van der Waals surface area (Å²) < 4.78 is 0. The van der Waals surface area contributed by atoms with Crippen LogP contribution in [0.5, 0.6) is 0 Å². The van der Waals surface area contributed by atoms with E-state index in [0.29, 0.717) is 23.1 Å². The minimum Gasteiger partial charge on any atom is -0.335 e. The molecule has 0 saturated heterocycles. The van der Waals surface area contributed by atoms with Crippen molar-refractivity contribution in [2.45, 2.75) is 45.2 Å². The Balaban J connectivity index is 1.77. The Labute approximate surface area is 141 Å². The summed E-state index contributed by atoms with van der Waals surface area (Å²) in [7, 11) is 0. The number of carbonyl (C=O) groups is 1. The number of carbonyl (C=O) groups excluding carboxylic acids is 1. The van der Waals surface area contributed by atoms with E-state index in [2.05, 4.69) is 17.6 Å². The van der Waals surface area contributed by atoms with Crippen LogP contribution in [0.25, 0.3) is 0 Å². The fraction of sp³-hybridized carbons (Fsp3) is 0.562. The molecule has 0 aliphatic heterocycles. The van der Waals surface area contributed by atoms with Gasteiger partial charge in [0.05, 0.1) is 0 Å². The zero-order chi connectivity index (χ0) is 16.2. The average Bonchev–Trinajstić information content (AvgIpc) is 2.49. The second-order valence-electron chi connectivity index (χ2n) is 6.35. The third-order valence-corrected chi connectivity index (χ3v) is 5.06. The van der Waals surface area contributed by atoms with E-state index in [4.69, 9.17) is 28.9 Å². The van der Waals surface area contributed by atoms with Gasteiger partial charge in [0.2, 0.25) is 0 Å². The van der Waals surface area contributed by atoms with Crippen LogP contribution < -0.4 is 16.4 Å². The molecule has 0 radical (unpaired) electrons. The van der Waals surface area contributed by atoms with Gasteiger partial charge in [-0.25, -0.2) is 4.79 Å². The largest absolute Gasteiger partial charge is 0.335 e. The van der Waals surface area contributed by atoms with Crippen LogP contribution in [0.15, 0.2) is 18.2 Å². The molecule has 22 heavy (non-hydrogen) atoms. The van der Waals surface area contributed by atoms with Gasteiger partial charge in [-0.05, 0) is 55.3 Å². The average molecular weight is 344 g/mol. The molecule has 1 fully saturated rings. The molecule has 0 atom stereocenters. The number of hydrogen-bond acceptors (Lipinski definition) is 2. The summed E-state index contributed by atoms with van der Waals surface area (Å²) >= 11 is 11.9. The van der Waals surface area contributed by atoms with E-state index in [9.17, 15) is 4.79 Å². The molecule has 1 aromatic rings. The van der Waals surface area contributed by atoms with Crippen LogP contribution in [0, 0.1) is 5.41 Å². The first-order chi connectivity index (χ1) is 10.4. The topological polar surface area (TPSA) is 67.1 Å². The van der Waals surface area contributed by atoms with Gasteiger partial charge < -0.3 is 16.4 Å². The Kier molecular flexibility index (Phi) is 5.95. The quantitative estimate of drug-likeness (QED) is 0.780. The lowest BCUT2D eigenvalue weighted by Crippen LogP contribution is -2.45. The Morgan fingerprint density at radius 3 is 2.64 bits per heavy atom. The van der Waals surface area contributed by atoms with Crippen molar-refractivity contribution in [2.24, 2.45) is 11.1 Å². The number of nitrogens with two attached hydrogens (primary N) is 1. The molecule has 0 heterocycles. The van der Waals surface area contributed by atoms with Gasteiger partial charge in [-0.1, -0.05) is 36.2 Å². The van der Waals surface area contributed by atoms with Gasteiger partial charge in [0.1, 0.15) is 0 Å². The SMILES string of the molecule is CC1(CN)CCC(NC(=O)NCc2ccc(Cl)cc2Cl)CC1. The van der Waals surface area contributed by atoms with Crippen molar-refractivity contribution in [1.82, 2.24) is 10.6 Å². The molecule has 4 nitrogen and oxygen atoms in total. The standard InChI is InChI=1S/C16H23Cl2N3O/c1-16(10-19)6-4-13(5-7-16)21-15(22)20-9-11-2-3-12(17)8-14(11)18/h2-3,8,13H,4-7,9-10,19H2,1H3,(H2,20,21,22). The van der Waals surface area contributed by atoms with Crippen LogP contribution in [0.3, 0.4) is 0 Å². The van der Waals surface area contributed by atoms with Crippen LogP contribution in [0.1, 0.15) is 38.2 Å². The Hall–Kier alpha value is -0.970. The third-order valence-electron chi connectivity index (χ3n) is 4.48. The fourth-order valence-electron chi connectivity index (χ4n) is 2.74. The normalized spacial score (nSPS) is 24.8. The van der Waals surface area contributed by atoms with E-state index in [1.165, 1.54) is 0 Å². The summed E-state index contributed by atoms with van der Waals surface area (Å²) in [5, 5.41) is 7.01. The number of rotatable bonds is 4. The molecule has 4 N–H and O–H groups in total. The number of amides is 2. The number of urea groups is 1. The number of hydrogen-bond donors (Lipinski definition) is 3. The number of benzene rings is 1. The molecule has 0 bridgehead atoms. The van der Waals surface area contributed by atoms with Crippen LogP contribution in [-0.4, -0.2) is 18.6 Å². The zero-order valence-electron chi connectivity index (χ0n) is 12.8. The molecular formula is C16H23Cl2N3O. The number of halogens is 2. The van der Waals surface area contributed by atoms with Gasteiger partial charge in [0.25, 0.3) is 0 Å². The minimum absolute atomic E-state index is 0.160. The van der Waals surface area contributed by atoms with Crippen molar-refractivity contribution in [3.8, 4) is 0 Å². The highest BCUT2D eigenvalue weighted by molar-refractivity contribution is 6.35. The molecular weight excluding hydrogens is 321 g/mol. The maximum absolute atomic E-state index is 12.0. The lowest BCUT2D eigenvalue weighted by atomic mass is 9.74. The highest BCUT2D eigenvalue weighted by atomic mass is 35.5. The summed E-state index contributed by atoms with van der Waals surface area (Å²) in [6.45, 7) is 3.31. The first-order valence-corrected chi connectivity index (χ1v) is 8.36. The van der Waals surface area contributed by atoms with Gasteiger partial charge in [0, 0.05) is 22.6 Å². The van der Waals surface area contributed by atoms with E-state index < -0.39 is 0 Å². The fourth-order valence-corrected chi connectivity index (χ4v) is 3.22. The zero-order valence-corrected chi connectivity index (χ0v) is 14.3. The van der Waals surface area contributed by atoms with Crippen molar-refractivity contribution in [3.05, 3.63) is 33.8 Å². The Morgan fingerprint density at radius 2 is 2.05 bits per heavy atom. The Bertz CT molecular complexity index is 528. The summed E-state index contributed by atoms with van der Waals surface area (Å²) in [5.74, 6) is 0. The molecule has 6 heteroatoms. The summed E-state index contributed by atoms with van der Waals surface area (Å²) in [4.78, 5) is 12.0. The second kappa shape index (κ2) is 7.53. The lowest BCUT2D eigenvalue weighted by Gasteiger charge is -2.36. The van der Waals surface area contributed by atoms with E-state index >= 15 is 0 Å². The molecule has 1 aliphatic rings. The van der Waals surface area contributed by atoms with Crippen molar-refractivity contribution in [2.75, 3.05) is 6.54 Å². The van der Waals surface area contributed by atoms with Crippen LogP contribution in [0.2, 0.25) is 10.0 Å². The van der Waals surface area contributed by atoms with Crippen molar-refractivity contribution >= 4 is 29.2 Å². The molecule has 0 aromatic heterocycles. The van der Waals surface area contributed by atoms with Crippen molar-refractivity contribution < 1.29 is 4.79 Å². The molecule has 0 spiro atoms. The molecule has 2 rings (SSSR count). The van der Waals surface area contributed by atoms with Gasteiger partial charge in [-0.15, -0.1) is 0 Å². The predicted molar refractivity (Wildman–Crippen MR) is 91.3 cm³/mol. The van der Waals surface area contributed by atoms with Crippen molar-refractivity contribution in [1.29, 1.82) is 0 Å². The Morgan fingerprint density at radius 1 is 1.36 bits per heavy atom. The molecule has 1 saturated carbocycles. The highest BCUT2D eigenvalue weighted by Gasteiger charge is 2.30. The van der Waals surface area contributed by atoms with Gasteiger partial charge in [-0.3, -0.25) is 0 Å². The maximum Gasteiger partial charge on any atom is 0.315 e. The maximum atomic E-state index is 12.0. The van der Waals surface area contributed by atoms with Gasteiger partial charge in [-0.2, -0.15) is 0 Å². The number of nitrogens with one attached hydrogen (secondary N) is 2. The monoisotopic (exact) mass is 343 g/mol. The van der Waals surface area contributed by atoms with Gasteiger partial charge >= 0.3 is 6.03 Å². The minimum atomic E-state index is -0.160. The summed E-state index contributed by atoms with van der Waals surface area (Å²) in [5.41, 5.74) is 6.87. The first kappa shape index (κ1) is 17.4. The molecule has 1 aliphatic carbocycles. The molecule has 0 unspecified atom stereocenters. The predicted octanol–water partition coefficient (Wildman–Crippen LogP) is 3.70. The summed E-state index contributed by atoms with van der Waals surface area (Å²) in [6, 6.07) is 5.31. The highest BCUT2D eigenvalue weighted by Crippen LogP contribution is 2.34. The smallest absolute Gasteiger partial charge is 0.315 e. The van der Waals surface area contributed by atoms with Crippen LogP contribution in [-0.2, 0) is 6.54 Å². The van der Waals surface area contributed by atoms with Crippen LogP contribution in [0.4, 0.5) is 4.79 Å². The van der Waals surface area contributed by atoms with Crippen LogP contribution >= 0.6 is 23.2 Å². The molecule has 2 amide bonds. The van der Waals surface area contributed by atoms with Gasteiger partial charge in [0.15, 0.2) is 0 Å². The van der Waals surface area contributed by atoms with E-state index in [1.54, 1.807) is 12.1 Å². The molecule has 1 aromatic carbocycles. The first-order valence-electron chi connectivity index (χ1n) is 7.60. The van der Waals surface area contributed by atoms with E-state index in [-0.39, 0.29) is 17.5 Å². The summed E-state index contributed by atoms with van der Waals surface area (Å²) in [6.07, 6.45) is 4.06. The lowest BCUT2D eigenvalue weighted by molar-refractivity contribution is 0.187. The second-order valence-corrected chi connectivity index (χ2v) is 7.20. The third kappa shape index (κ3) is 4.77. The van der Waals surface area contributed by atoms with E-state index in [0.717, 1.165) is 31.2 Å². The van der Waals surface area contributed by atoms with Crippen molar-refractivity contribution in [3.63, 3.8) is 0 Å².